The minimum absolute atomic E-state index is 0.713. The molecule has 0 atom stereocenters. The van der Waals surface area contributed by atoms with Gasteiger partial charge in [0.25, 0.3) is 0 Å². The molecule has 20 heavy (non-hydrogen) atoms. The number of hydrogen-bond acceptors (Lipinski definition) is 4. The van der Waals surface area contributed by atoms with Crippen LogP contribution in [0.2, 0.25) is 0 Å². The fourth-order valence-corrected chi connectivity index (χ4v) is 2.34. The van der Waals surface area contributed by atoms with E-state index in [4.69, 9.17) is 5.73 Å². The Labute approximate surface area is 114 Å². The van der Waals surface area contributed by atoms with Gasteiger partial charge in [-0.25, -0.2) is 4.98 Å². The quantitative estimate of drug-likeness (QED) is 0.516. The van der Waals surface area contributed by atoms with Gasteiger partial charge >= 0.3 is 0 Å². The van der Waals surface area contributed by atoms with Crippen molar-refractivity contribution in [3.8, 4) is 11.4 Å². The van der Waals surface area contributed by atoms with Crippen LogP contribution >= 0.6 is 0 Å². The average molecular weight is 261 g/mol. The van der Waals surface area contributed by atoms with E-state index in [1.165, 1.54) is 0 Å². The molecule has 4 rings (SSSR count). The Bertz CT molecular complexity index is 921. The molecule has 0 aliphatic heterocycles. The first-order valence-corrected chi connectivity index (χ1v) is 6.26. The van der Waals surface area contributed by atoms with Gasteiger partial charge in [0.1, 0.15) is 5.82 Å². The number of aromatic nitrogens is 4. The number of nitrogens with two attached hydrogens (primary N) is 1. The zero-order chi connectivity index (χ0) is 13.5. The highest BCUT2D eigenvalue weighted by Gasteiger charge is 2.10. The van der Waals surface area contributed by atoms with Crippen LogP contribution in [0.5, 0.6) is 0 Å². The fraction of sp³-hybridized carbons (Fsp3) is 0. The number of H-pyrrole nitrogens is 1. The molecular weight excluding hydrogens is 250 g/mol. The van der Waals surface area contributed by atoms with Crippen LogP contribution in [-0.2, 0) is 0 Å². The monoisotopic (exact) mass is 261 g/mol. The van der Waals surface area contributed by atoms with Crippen molar-refractivity contribution in [2.75, 3.05) is 5.73 Å². The summed E-state index contributed by atoms with van der Waals surface area (Å²) in [4.78, 5) is 16.6. The van der Waals surface area contributed by atoms with Crippen LogP contribution in [0, 0.1) is 0 Å². The molecule has 96 valence electrons. The van der Waals surface area contributed by atoms with Crippen molar-refractivity contribution < 1.29 is 0 Å². The molecule has 4 aromatic rings. The highest BCUT2D eigenvalue weighted by atomic mass is 14.9. The molecule has 0 saturated heterocycles. The molecule has 0 amide bonds. The van der Waals surface area contributed by atoms with E-state index in [2.05, 4.69) is 19.9 Å². The molecule has 0 saturated carbocycles. The van der Waals surface area contributed by atoms with Gasteiger partial charge in [-0.15, -0.1) is 0 Å². The highest BCUT2D eigenvalue weighted by molar-refractivity contribution is 5.92. The van der Waals surface area contributed by atoms with Crippen LogP contribution in [0.25, 0.3) is 33.5 Å². The summed E-state index contributed by atoms with van der Waals surface area (Å²) in [6, 6.07) is 11.5. The van der Waals surface area contributed by atoms with E-state index >= 15 is 0 Å². The molecule has 2 aromatic heterocycles. The average Bonchev–Trinajstić information content (AvgIpc) is 2.89. The predicted octanol–water partition coefficient (Wildman–Crippen LogP) is 2.76. The standard InChI is InChI=1S/C15H11N5/c16-9-4-5-11-13(8-9)20-15(19-11)10-2-1-3-12-14(10)18-7-6-17-12/h1-8H,16H2,(H,19,20). The van der Waals surface area contributed by atoms with Gasteiger partial charge in [0.05, 0.1) is 22.1 Å². The number of nitrogen functional groups attached to an aromatic ring is 1. The van der Waals surface area contributed by atoms with Crippen LogP contribution in [0.15, 0.2) is 48.8 Å². The second kappa shape index (κ2) is 4.03. The summed E-state index contributed by atoms with van der Waals surface area (Å²) >= 11 is 0. The fourth-order valence-electron chi connectivity index (χ4n) is 2.34. The van der Waals surface area contributed by atoms with Crippen molar-refractivity contribution in [2.45, 2.75) is 0 Å². The van der Waals surface area contributed by atoms with Crippen LogP contribution in [0.3, 0.4) is 0 Å². The number of aromatic amines is 1. The van der Waals surface area contributed by atoms with Gasteiger partial charge in [-0.3, -0.25) is 9.97 Å². The van der Waals surface area contributed by atoms with E-state index in [1.54, 1.807) is 12.4 Å². The third-order valence-corrected chi connectivity index (χ3v) is 3.26. The van der Waals surface area contributed by atoms with Gasteiger partial charge in [-0.05, 0) is 30.3 Å². The van der Waals surface area contributed by atoms with Crippen molar-refractivity contribution in [3.05, 3.63) is 48.8 Å². The molecule has 0 aliphatic rings. The van der Waals surface area contributed by atoms with E-state index in [9.17, 15) is 0 Å². The molecule has 0 fully saturated rings. The van der Waals surface area contributed by atoms with E-state index in [0.717, 1.165) is 33.5 Å². The van der Waals surface area contributed by atoms with E-state index in [0.29, 0.717) is 5.69 Å². The van der Waals surface area contributed by atoms with Crippen molar-refractivity contribution in [2.24, 2.45) is 0 Å². The predicted molar refractivity (Wildman–Crippen MR) is 79.0 cm³/mol. The summed E-state index contributed by atoms with van der Waals surface area (Å²) in [7, 11) is 0. The highest BCUT2D eigenvalue weighted by Crippen LogP contribution is 2.26. The molecule has 2 heterocycles. The minimum Gasteiger partial charge on any atom is -0.399 e. The topological polar surface area (TPSA) is 80.5 Å². The number of hydrogen-bond donors (Lipinski definition) is 2. The lowest BCUT2D eigenvalue weighted by Gasteiger charge is -2.01. The summed E-state index contributed by atoms with van der Waals surface area (Å²) in [6.07, 6.45) is 3.37. The molecular formula is C15H11N5. The minimum atomic E-state index is 0.713. The molecule has 5 nitrogen and oxygen atoms in total. The largest absolute Gasteiger partial charge is 0.399 e. The Hall–Kier alpha value is -2.95. The number of benzene rings is 2. The first-order valence-electron chi connectivity index (χ1n) is 6.26. The third-order valence-electron chi connectivity index (χ3n) is 3.26. The van der Waals surface area contributed by atoms with Crippen molar-refractivity contribution >= 4 is 27.8 Å². The molecule has 2 aromatic carbocycles. The van der Waals surface area contributed by atoms with Crippen LogP contribution in [0.1, 0.15) is 0 Å². The molecule has 0 aliphatic carbocycles. The van der Waals surface area contributed by atoms with Gasteiger partial charge in [0.2, 0.25) is 0 Å². The second-order valence-corrected chi connectivity index (χ2v) is 4.59. The molecule has 3 N–H and O–H groups in total. The Morgan fingerprint density at radius 1 is 0.950 bits per heavy atom. The first-order chi connectivity index (χ1) is 9.81. The lowest BCUT2D eigenvalue weighted by molar-refractivity contribution is 1.27. The van der Waals surface area contributed by atoms with Gasteiger partial charge in [-0.2, -0.15) is 0 Å². The zero-order valence-corrected chi connectivity index (χ0v) is 10.5. The maximum Gasteiger partial charge on any atom is 0.140 e. The summed E-state index contributed by atoms with van der Waals surface area (Å²) in [6.45, 7) is 0. The van der Waals surface area contributed by atoms with Crippen molar-refractivity contribution in [1.29, 1.82) is 0 Å². The number of imidazole rings is 1. The number of nitrogens with one attached hydrogen (secondary N) is 1. The van der Waals surface area contributed by atoms with Crippen LogP contribution < -0.4 is 5.73 Å². The van der Waals surface area contributed by atoms with Gasteiger partial charge < -0.3 is 10.7 Å². The summed E-state index contributed by atoms with van der Waals surface area (Å²) in [5, 5.41) is 0. The van der Waals surface area contributed by atoms with Gasteiger partial charge in [-0.1, -0.05) is 6.07 Å². The lowest BCUT2D eigenvalue weighted by Crippen LogP contribution is -1.88. The number of para-hydroxylation sites is 1. The van der Waals surface area contributed by atoms with Gasteiger partial charge in [0.15, 0.2) is 0 Å². The summed E-state index contributed by atoms with van der Waals surface area (Å²) in [5.41, 5.74) is 10.9. The van der Waals surface area contributed by atoms with Crippen LogP contribution in [-0.4, -0.2) is 19.9 Å². The molecule has 0 radical (unpaired) electrons. The van der Waals surface area contributed by atoms with Crippen molar-refractivity contribution in [3.63, 3.8) is 0 Å². The second-order valence-electron chi connectivity index (χ2n) is 4.59. The van der Waals surface area contributed by atoms with E-state index in [-0.39, 0.29) is 0 Å². The molecule has 0 bridgehead atoms. The van der Waals surface area contributed by atoms with Crippen molar-refractivity contribution in [1.82, 2.24) is 19.9 Å². The number of fused-ring (bicyclic) bond motifs is 2. The summed E-state index contributed by atoms with van der Waals surface area (Å²) < 4.78 is 0. The smallest absolute Gasteiger partial charge is 0.140 e. The first kappa shape index (κ1) is 10.9. The normalized spacial score (nSPS) is 11.2. The Balaban J connectivity index is 2.01. The lowest BCUT2D eigenvalue weighted by atomic mass is 10.1. The SMILES string of the molecule is Nc1ccc2nc(-c3cccc4nccnc34)[nH]c2c1. The molecule has 0 spiro atoms. The number of anilines is 1. The van der Waals surface area contributed by atoms with E-state index in [1.807, 2.05) is 36.4 Å². The Morgan fingerprint density at radius 2 is 1.85 bits per heavy atom. The molecule has 5 heteroatoms. The van der Waals surface area contributed by atoms with Crippen LogP contribution in [0.4, 0.5) is 5.69 Å². The maximum atomic E-state index is 5.79. The number of rotatable bonds is 1. The Kier molecular flexibility index (Phi) is 2.20. The Morgan fingerprint density at radius 3 is 2.80 bits per heavy atom. The third kappa shape index (κ3) is 1.60. The number of nitrogens with zero attached hydrogens (tertiary/aromatic N) is 3. The zero-order valence-electron chi connectivity index (χ0n) is 10.5. The van der Waals surface area contributed by atoms with Gasteiger partial charge in [0, 0.05) is 23.6 Å². The molecule has 0 unspecified atom stereocenters. The van der Waals surface area contributed by atoms with E-state index < -0.39 is 0 Å². The maximum absolute atomic E-state index is 5.79. The summed E-state index contributed by atoms with van der Waals surface area (Å²) in [5.74, 6) is 0.775.